The van der Waals surface area contributed by atoms with Gasteiger partial charge in [0, 0.05) is 41.6 Å². The average molecular weight is 397 g/mol. The van der Waals surface area contributed by atoms with Crippen molar-refractivity contribution >= 4 is 11.7 Å². The molecule has 0 aliphatic heterocycles. The number of amides is 1. The molecule has 1 amide bonds. The van der Waals surface area contributed by atoms with Gasteiger partial charge in [-0.25, -0.2) is 14.6 Å². The van der Waals surface area contributed by atoms with Gasteiger partial charge in [-0.15, -0.1) is 0 Å². The van der Waals surface area contributed by atoms with E-state index in [1.807, 2.05) is 47.6 Å². The summed E-state index contributed by atoms with van der Waals surface area (Å²) in [6.07, 6.45) is 1.37. The second kappa shape index (κ2) is 6.98. The Balaban J connectivity index is 2.11. The predicted octanol–water partition coefficient (Wildman–Crippen LogP) is 2.69. The van der Waals surface area contributed by atoms with Crippen molar-refractivity contribution in [2.75, 3.05) is 5.32 Å². The van der Waals surface area contributed by atoms with Crippen LogP contribution in [0.15, 0.2) is 29.3 Å². The first kappa shape index (κ1) is 20.5. The number of carbonyl (C=O) groups excluding carboxylic acids is 1. The third-order valence-electron chi connectivity index (χ3n) is 4.39. The van der Waals surface area contributed by atoms with Crippen molar-refractivity contribution in [1.29, 1.82) is 0 Å². The number of aromatic nitrogens is 6. The number of hydrogen-bond donors (Lipinski definition) is 2. The van der Waals surface area contributed by atoms with Gasteiger partial charge in [-0.3, -0.25) is 14.7 Å². The summed E-state index contributed by atoms with van der Waals surface area (Å²) in [4.78, 5) is 32.6. The van der Waals surface area contributed by atoms with Crippen LogP contribution in [0, 0.1) is 0 Å². The molecule has 3 aromatic heterocycles. The highest BCUT2D eigenvalue weighted by Crippen LogP contribution is 2.26. The first-order chi connectivity index (χ1) is 13.4. The Morgan fingerprint density at radius 3 is 2.21 bits per heavy atom. The van der Waals surface area contributed by atoms with Crippen molar-refractivity contribution in [1.82, 2.24) is 29.5 Å². The summed E-state index contributed by atoms with van der Waals surface area (Å²) >= 11 is 0. The zero-order chi connectivity index (χ0) is 21.6. The highest BCUT2D eigenvalue weighted by atomic mass is 16.1. The third-order valence-corrected chi connectivity index (χ3v) is 4.39. The second-order valence-corrected chi connectivity index (χ2v) is 9.09. The number of hydrogen-bond acceptors (Lipinski definition) is 5. The van der Waals surface area contributed by atoms with Crippen LogP contribution >= 0.6 is 0 Å². The lowest BCUT2D eigenvalue weighted by atomic mass is 9.92. The SMILES string of the molecule is CC(=O)Nc1cc(C(C)(C)C)nn1-c1cc(-n2[nH]c(C(C)(C)C)cc2=O)ncn1. The van der Waals surface area contributed by atoms with Gasteiger partial charge in [0.15, 0.2) is 11.6 Å². The summed E-state index contributed by atoms with van der Waals surface area (Å²) in [5.41, 5.74) is 0.969. The summed E-state index contributed by atoms with van der Waals surface area (Å²) in [7, 11) is 0. The Bertz CT molecular complexity index is 1110. The minimum atomic E-state index is -0.216. The molecule has 3 aromatic rings. The molecule has 0 saturated carbocycles. The van der Waals surface area contributed by atoms with Gasteiger partial charge in [0.1, 0.15) is 12.1 Å². The number of nitrogens with zero attached hydrogens (tertiary/aromatic N) is 5. The maximum absolute atomic E-state index is 12.5. The molecule has 3 heterocycles. The van der Waals surface area contributed by atoms with E-state index in [0.717, 1.165) is 11.4 Å². The molecule has 0 saturated heterocycles. The van der Waals surface area contributed by atoms with Crippen LogP contribution in [0.1, 0.15) is 59.9 Å². The smallest absolute Gasteiger partial charge is 0.272 e. The summed E-state index contributed by atoms with van der Waals surface area (Å²) in [6, 6.07) is 5.03. The van der Waals surface area contributed by atoms with Crippen LogP contribution in [-0.2, 0) is 15.6 Å². The third kappa shape index (κ3) is 4.28. The summed E-state index contributed by atoms with van der Waals surface area (Å²) in [5.74, 6) is 1.11. The van der Waals surface area contributed by atoms with E-state index >= 15 is 0 Å². The maximum atomic E-state index is 12.5. The minimum absolute atomic E-state index is 0.206. The van der Waals surface area contributed by atoms with E-state index in [9.17, 15) is 9.59 Å². The molecule has 9 heteroatoms. The Kier molecular flexibility index (Phi) is 4.94. The lowest BCUT2D eigenvalue weighted by Crippen LogP contribution is -2.17. The van der Waals surface area contributed by atoms with Gasteiger partial charge in [0.2, 0.25) is 5.91 Å². The van der Waals surface area contributed by atoms with E-state index in [1.165, 1.54) is 17.9 Å². The van der Waals surface area contributed by atoms with Crippen LogP contribution in [0.3, 0.4) is 0 Å². The van der Waals surface area contributed by atoms with Crippen molar-refractivity contribution in [2.24, 2.45) is 0 Å². The molecular formula is C20H27N7O2. The number of rotatable bonds is 3. The molecule has 0 aliphatic carbocycles. The molecule has 154 valence electrons. The van der Waals surface area contributed by atoms with E-state index in [4.69, 9.17) is 0 Å². The molecule has 0 atom stereocenters. The fourth-order valence-electron chi connectivity index (χ4n) is 2.72. The van der Waals surface area contributed by atoms with Gasteiger partial charge in [0.25, 0.3) is 5.56 Å². The fourth-order valence-corrected chi connectivity index (χ4v) is 2.72. The first-order valence-electron chi connectivity index (χ1n) is 9.40. The Morgan fingerprint density at radius 1 is 1.00 bits per heavy atom. The standard InChI is InChI=1S/C20H27N7O2/c1-12(28)23-17-8-13(19(2,3)4)24-26(17)15-10-16(22-11-21-15)27-18(29)9-14(25-27)20(5,6)7/h8-11,25H,1-7H3,(H,23,28). The number of nitrogens with one attached hydrogen (secondary N) is 2. The first-order valence-corrected chi connectivity index (χ1v) is 9.40. The van der Waals surface area contributed by atoms with Crippen LogP contribution in [-0.4, -0.2) is 35.4 Å². The predicted molar refractivity (Wildman–Crippen MR) is 111 cm³/mol. The number of aromatic amines is 1. The van der Waals surface area contributed by atoms with Crippen LogP contribution in [0.25, 0.3) is 11.6 Å². The summed E-state index contributed by atoms with van der Waals surface area (Å²) in [6.45, 7) is 13.6. The largest absolute Gasteiger partial charge is 0.311 e. The normalized spacial score (nSPS) is 12.2. The molecule has 0 fully saturated rings. The van der Waals surface area contributed by atoms with Crippen molar-refractivity contribution in [3.8, 4) is 11.6 Å². The van der Waals surface area contributed by atoms with E-state index in [1.54, 1.807) is 16.8 Å². The second-order valence-electron chi connectivity index (χ2n) is 9.09. The van der Waals surface area contributed by atoms with Crippen molar-refractivity contribution in [3.05, 3.63) is 46.3 Å². The molecule has 0 bridgehead atoms. The fraction of sp³-hybridized carbons (Fsp3) is 0.450. The highest BCUT2D eigenvalue weighted by molar-refractivity contribution is 5.88. The molecule has 3 rings (SSSR count). The van der Waals surface area contributed by atoms with Gasteiger partial charge < -0.3 is 5.32 Å². The lowest BCUT2D eigenvalue weighted by Gasteiger charge is -2.15. The highest BCUT2D eigenvalue weighted by Gasteiger charge is 2.22. The lowest BCUT2D eigenvalue weighted by molar-refractivity contribution is -0.114. The number of H-pyrrole nitrogens is 1. The Morgan fingerprint density at radius 2 is 1.66 bits per heavy atom. The monoisotopic (exact) mass is 397 g/mol. The van der Waals surface area contributed by atoms with Gasteiger partial charge in [0.05, 0.1) is 5.69 Å². The number of carbonyl (C=O) groups is 1. The van der Waals surface area contributed by atoms with Gasteiger partial charge in [-0.1, -0.05) is 41.5 Å². The van der Waals surface area contributed by atoms with Gasteiger partial charge in [-0.05, 0) is 0 Å². The molecule has 9 nitrogen and oxygen atoms in total. The van der Waals surface area contributed by atoms with Crippen LogP contribution in [0.2, 0.25) is 0 Å². The average Bonchev–Trinajstić information content (AvgIpc) is 3.18. The summed E-state index contributed by atoms with van der Waals surface area (Å²) < 4.78 is 2.92. The Hall–Kier alpha value is -3.23. The molecular weight excluding hydrogens is 370 g/mol. The zero-order valence-electron chi connectivity index (χ0n) is 17.9. The molecule has 29 heavy (non-hydrogen) atoms. The van der Waals surface area contributed by atoms with Gasteiger partial charge >= 0.3 is 0 Å². The molecule has 0 aromatic carbocycles. The summed E-state index contributed by atoms with van der Waals surface area (Å²) in [5, 5.41) is 10.5. The minimum Gasteiger partial charge on any atom is -0.311 e. The van der Waals surface area contributed by atoms with E-state index < -0.39 is 0 Å². The van der Waals surface area contributed by atoms with Gasteiger partial charge in [-0.2, -0.15) is 9.78 Å². The van der Waals surface area contributed by atoms with Crippen molar-refractivity contribution in [2.45, 2.75) is 59.3 Å². The van der Waals surface area contributed by atoms with Crippen molar-refractivity contribution in [3.63, 3.8) is 0 Å². The molecule has 0 radical (unpaired) electrons. The molecule has 0 aliphatic rings. The zero-order valence-corrected chi connectivity index (χ0v) is 17.9. The molecule has 2 N–H and O–H groups in total. The topological polar surface area (TPSA) is 110 Å². The maximum Gasteiger partial charge on any atom is 0.272 e. The molecule has 0 spiro atoms. The van der Waals surface area contributed by atoms with E-state index in [2.05, 4.69) is 25.5 Å². The van der Waals surface area contributed by atoms with Crippen LogP contribution in [0.4, 0.5) is 5.82 Å². The van der Waals surface area contributed by atoms with E-state index in [0.29, 0.717) is 17.5 Å². The van der Waals surface area contributed by atoms with Crippen LogP contribution in [0.5, 0.6) is 0 Å². The quantitative estimate of drug-likeness (QED) is 0.706. The Labute approximate surface area is 169 Å². The molecule has 0 unspecified atom stereocenters. The van der Waals surface area contributed by atoms with E-state index in [-0.39, 0.29) is 22.3 Å². The van der Waals surface area contributed by atoms with Crippen LogP contribution < -0.4 is 10.9 Å². The number of anilines is 1. The van der Waals surface area contributed by atoms with Crippen molar-refractivity contribution < 1.29 is 4.79 Å².